The van der Waals surface area contributed by atoms with Crippen molar-refractivity contribution in [1.29, 1.82) is 0 Å². The van der Waals surface area contributed by atoms with Crippen LogP contribution in [0.2, 0.25) is 0 Å². The molecule has 4 heteroatoms. The van der Waals surface area contributed by atoms with Gasteiger partial charge in [-0.3, -0.25) is 0 Å². The summed E-state index contributed by atoms with van der Waals surface area (Å²) in [6.07, 6.45) is 2.36. The van der Waals surface area contributed by atoms with Gasteiger partial charge in [0.25, 0.3) is 0 Å². The van der Waals surface area contributed by atoms with Crippen LogP contribution in [0.15, 0.2) is 16.8 Å². The minimum absolute atomic E-state index is 0.269. The minimum atomic E-state index is -0.501. The molecule has 0 saturated carbocycles. The second kappa shape index (κ2) is 4.47. The molecule has 0 unspecified atom stereocenters. The highest BCUT2D eigenvalue weighted by atomic mass is 16.5. The third kappa shape index (κ3) is 2.79. The number of aliphatic imine (C=N–C) groups is 1. The molecule has 0 spiro atoms. The van der Waals surface area contributed by atoms with Crippen molar-refractivity contribution in [2.45, 2.75) is 6.92 Å². The molecule has 0 aliphatic heterocycles. The summed E-state index contributed by atoms with van der Waals surface area (Å²) in [6, 6.07) is 0. The maximum atomic E-state index is 10.5. The molecule has 0 aromatic heterocycles. The number of nitrogens with zero attached hydrogens (tertiary/aromatic N) is 1. The number of rotatable bonds is 2. The Labute approximate surface area is 58.2 Å². The molecule has 0 N–H and O–H groups in total. The third-order valence-corrected chi connectivity index (χ3v) is 0.818. The van der Waals surface area contributed by atoms with E-state index in [1.807, 2.05) is 0 Å². The predicted molar refractivity (Wildman–Crippen MR) is 33.9 cm³/mol. The lowest BCUT2D eigenvalue weighted by atomic mass is 10.3. The molecule has 0 amide bonds. The van der Waals surface area contributed by atoms with Gasteiger partial charge in [0.1, 0.15) is 0 Å². The topological polar surface area (TPSA) is 55.7 Å². The van der Waals surface area contributed by atoms with Crippen molar-refractivity contribution >= 4 is 12.0 Å². The fraction of sp³-hybridized carbons (Fsp3) is 0.333. The van der Waals surface area contributed by atoms with Crippen molar-refractivity contribution in [3.8, 4) is 0 Å². The van der Waals surface area contributed by atoms with Crippen molar-refractivity contribution in [2.24, 2.45) is 4.99 Å². The number of hydrogen-bond donors (Lipinski definition) is 0. The fourth-order valence-electron chi connectivity index (χ4n) is 0.337. The van der Waals surface area contributed by atoms with E-state index in [9.17, 15) is 9.59 Å². The highest BCUT2D eigenvalue weighted by Crippen LogP contribution is 1.93. The first-order chi connectivity index (χ1) is 4.72. The summed E-state index contributed by atoms with van der Waals surface area (Å²) in [5.74, 6) is -0.501. The van der Waals surface area contributed by atoms with Gasteiger partial charge in [0, 0.05) is 0 Å². The molecule has 0 heterocycles. The van der Waals surface area contributed by atoms with Gasteiger partial charge in [-0.25, -0.2) is 9.59 Å². The molecule has 0 aliphatic rings. The highest BCUT2D eigenvalue weighted by Gasteiger charge is 2.00. The fourth-order valence-corrected chi connectivity index (χ4v) is 0.337. The molecular weight excluding hydrogens is 134 g/mol. The van der Waals surface area contributed by atoms with Gasteiger partial charge in [-0.15, -0.1) is 0 Å². The van der Waals surface area contributed by atoms with Crippen LogP contribution in [0.5, 0.6) is 0 Å². The van der Waals surface area contributed by atoms with Gasteiger partial charge in [0.2, 0.25) is 6.08 Å². The van der Waals surface area contributed by atoms with Crippen molar-refractivity contribution in [3.05, 3.63) is 11.8 Å². The number of carbonyl (C=O) groups is 1. The Morgan fingerprint density at radius 3 is 2.70 bits per heavy atom. The zero-order valence-electron chi connectivity index (χ0n) is 5.75. The standard InChI is InChI=1S/C6H7NO3/c1-5(3-7-4-8)6(9)10-2/h3H,1-2H3. The van der Waals surface area contributed by atoms with E-state index in [0.29, 0.717) is 0 Å². The first-order valence-corrected chi connectivity index (χ1v) is 2.54. The second-order valence-corrected chi connectivity index (χ2v) is 1.52. The quantitative estimate of drug-likeness (QED) is 0.242. The Balaban J connectivity index is 4.18. The monoisotopic (exact) mass is 141 g/mol. The Hall–Kier alpha value is -1.41. The molecule has 0 radical (unpaired) electrons. The lowest BCUT2D eigenvalue weighted by Crippen LogP contribution is -2.00. The van der Waals surface area contributed by atoms with Crippen LogP contribution in [0.3, 0.4) is 0 Å². The van der Waals surface area contributed by atoms with Gasteiger partial charge < -0.3 is 4.74 Å². The zero-order valence-corrected chi connectivity index (χ0v) is 5.75. The van der Waals surface area contributed by atoms with Gasteiger partial charge in [-0.05, 0) is 6.92 Å². The van der Waals surface area contributed by atoms with Gasteiger partial charge in [0.05, 0.1) is 18.9 Å². The van der Waals surface area contributed by atoms with Crippen molar-refractivity contribution in [1.82, 2.24) is 0 Å². The first kappa shape index (κ1) is 8.59. The number of esters is 1. The third-order valence-electron chi connectivity index (χ3n) is 0.818. The summed E-state index contributed by atoms with van der Waals surface area (Å²) >= 11 is 0. The van der Waals surface area contributed by atoms with Crippen LogP contribution in [-0.2, 0) is 14.3 Å². The van der Waals surface area contributed by atoms with Crippen molar-refractivity contribution in [3.63, 3.8) is 0 Å². The van der Waals surface area contributed by atoms with E-state index in [2.05, 4.69) is 9.73 Å². The normalized spacial score (nSPS) is 10.0. The van der Waals surface area contributed by atoms with E-state index in [0.717, 1.165) is 6.20 Å². The molecule has 0 aromatic carbocycles. The van der Waals surface area contributed by atoms with Crippen LogP contribution < -0.4 is 0 Å². The highest BCUT2D eigenvalue weighted by molar-refractivity contribution is 5.87. The molecule has 0 aromatic rings. The van der Waals surface area contributed by atoms with Crippen LogP contribution in [0, 0.1) is 0 Å². The second-order valence-electron chi connectivity index (χ2n) is 1.52. The first-order valence-electron chi connectivity index (χ1n) is 2.54. The molecular formula is C6H7NO3. The van der Waals surface area contributed by atoms with E-state index < -0.39 is 5.97 Å². The summed E-state index contributed by atoms with van der Waals surface area (Å²) < 4.78 is 4.31. The van der Waals surface area contributed by atoms with E-state index in [4.69, 9.17) is 0 Å². The van der Waals surface area contributed by atoms with Gasteiger partial charge in [-0.2, -0.15) is 4.99 Å². The molecule has 0 bridgehead atoms. The molecule has 4 nitrogen and oxygen atoms in total. The Morgan fingerprint density at radius 2 is 2.30 bits per heavy atom. The lowest BCUT2D eigenvalue weighted by molar-refractivity contribution is -0.136. The zero-order chi connectivity index (χ0) is 7.98. The van der Waals surface area contributed by atoms with Crippen LogP contribution in [0.25, 0.3) is 0 Å². The van der Waals surface area contributed by atoms with Gasteiger partial charge >= 0.3 is 5.97 Å². The average molecular weight is 141 g/mol. The SMILES string of the molecule is COC(=O)C(C)=CN=C=O. The molecule has 0 aliphatic carbocycles. The summed E-state index contributed by atoms with van der Waals surface area (Å²) in [6.45, 7) is 1.49. The van der Waals surface area contributed by atoms with Crippen LogP contribution >= 0.6 is 0 Å². The smallest absolute Gasteiger partial charge is 0.335 e. The molecule has 54 valence electrons. The van der Waals surface area contributed by atoms with Gasteiger partial charge in [0.15, 0.2) is 0 Å². The van der Waals surface area contributed by atoms with E-state index >= 15 is 0 Å². The maximum absolute atomic E-state index is 10.5. The predicted octanol–water partition coefficient (Wildman–Crippen LogP) is 0.399. The van der Waals surface area contributed by atoms with Crippen molar-refractivity contribution in [2.75, 3.05) is 7.11 Å². The van der Waals surface area contributed by atoms with Crippen LogP contribution in [0.4, 0.5) is 0 Å². The summed E-state index contributed by atoms with van der Waals surface area (Å²) in [7, 11) is 1.25. The molecule has 0 atom stereocenters. The molecule has 0 fully saturated rings. The van der Waals surface area contributed by atoms with Crippen molar-refractivity contribution < 1.29 is 14.3 Å². The Bertz CT molecular complexity index is 201. The van der Waals surface area contributed by atoms with Gasteiger partial charge in [-0.1, -0.05) is 0 Å². The van der Waals surface area contributed by atoms with Crippen LogP contribution in [0.1, 0.15) is 6.92 Å². The molecule has 10 heavy (non-hydrogen) atoms. The van der Waals surface area contributed by atoms with E-state index in [1.165, 1.54) is 20.1 Å². The number of hydrogen-bond acceptors (Lipinski definition) is 4. The maximum Gasteiger partial charge on any atom is 0.335 e. The molecule has 0 saturated heterocycles. The number of carbonyl (C=O) groups excluding carboxylic acids is 2. The minimum Gasteiger partial charge on any atom is -0.466 e. The average Bonchev–Trinajstić information content (AvgIpc) is 1.98. The summed E-state index contributed by atoms with van der Waals surface area (Å²) in [5.41, 5.74) is 0.269. The van der Waals surface area contributed by atoms with E-state index in [1.54, 1.807) is 0 Å². The Morgan fingerprint density at radius 1 is 1.70 bits per heavy atom. The number of ether oxygens (including phenoxy) is 1. The van der Waals surface area contributed by atoms with Crippen LogP contribution in [-0.4, -0.2) is 19.2 Å². The number of isocyanates is 1. The summed E-state index contributed by atoms with van der Waals surface area (Å²) in [5, 5.41) is 0. The molecule has 0 rings (SSSR count). The van der Waals surface area contributed by atoms with E-state index in [-0.39, 0.29) is 5.57 Å². The summed E-state index contributed by atoms with van der Waals surface area (Å²) in [4.78, 5) is 23.1. The lowest BCUT2D eigenvalue weighted by Gasteiger charge is -1.93. The number of methoxy groups -OCH3 is 1. The largest absolute Gasteiger partial charge is 0.466 e. The Kier molecular flexibility index (Phi) is 3.84.